The highest BCUT2D eigenvalue weighted by molar-refractivity contribution is 9.10. The first-order valence-corrected chi connectivity index (χ1v) is 7.94. The third-order valence-electron chi connectivity index (χ3n) is 4.19. The van der Waals surface area contributed by atoms with Crippen LogP contribution in [0.3, 0.4) is 0 Å². The van der Waals surface area contributed by atoms with Gasteiger partial charge in [0.05, 0.1) is 4.47 Å². The Kier molecular flexibility index (Phi) is 2.32. The Bertz CT molecular complexity index is 1190. The zero-order valence-electron chi connectivity index (χ0n) is 11.8. The van der Waals surface area contributed by atoms with Crippen molar-refractivity contribution in [2.75, 3.05) is 0 Å². The average Bonchev–Trinajstić information content (AvgIpc) is 3.04. The van der Waals surface area contributed by atoms with E-state index in [0.29, 0.717) is 0 Å². The van der Waals surface area contributed by atoms with Crippen molar-refractivity contribution < 1.29 is 8.83 Å². The fourth-order valence-corrected chi connectivity index (χ4v) is 3.71. The van der Waals surface area contributed by atoms with Gasteiger partial charge in [0.25, 0.3) is 0 Å². The molecule has 0 N–H and O–H groups in total. The molecule has 0 aliphatic heterocycles. The van der Waals surface area contributed by atoms with Crippen LogP contribution in [0.5, 0.6) is 0 Å². The summed E-state index contributed by atoms with van der Waals surface area (Å²) in [4.78, 5) is 0. The van der Waals surface area contributed by atoms with E-state index in [1.54, 1.807) is 0 Å². The van der Waals surface area contributed by atoms with Gasteiger partial charge in [-0.1, -0.05) is 30.3 Å². The molecule has 0 amide bonds. The second kappa shape index (κ2) is 4.14. The van der Waals surface area contributed by atoms with Gasteiger partial charge < -0.3 is 8.83 Å². The van der Waals surface area contributed by atoms with Crippen LogP contribution in [-0.4, -0.2) is 0 Å². The van der Waals surface area contributed by atoms with Crippen LogP contribution >= 0.6 is 15.9 Å². The lowest BCUT2D eigenvalue weighted by molar-refractivity contribution is 0.661. The fourth-order valence-electron chi connectivity index (χ4n) is 3.22. The van der Waals surface area contributed by atoms with Crippen LogP contribution in [0.25, 0.3) is 43.9 Å². The van der Waals surface area contributed by atoms with Crippen molar-refractivity contribution in [1.29, 1.82) is 0 Å². The number of hydrogen-bond donors (Lipinski definition) is 0. The molecule has 0 fully saturated rings. The standard InChI is InChI=1S/C19H11BrO2/c1-10-6-7-12-15(8-10)21-16-9-13(20)19-18(17(12)16)11-4-2-3-5-14(11)22-19/h2-9H,1H3. The monoisotopic (exact) mass is 350 g/mol. The lowest BCUT2D eigenvalue weighted by Gasteiger charge is -1.96. The molecule has 0 radical (unpaired) electrons. The number of fused-ring (bicyclic) bond motifs is 7. The molecule has 2 nitrogen and oxygen atoms in total. The highest BCUT2D eigenvalue weighted by Gasteiger charge is 2.18. The fraction of sp³-hybridized carbons (Fsp3) is 0.0526. The third-order valence-corrected chi connectivity index (χ3v) is 4.78. The van der Waals surface area contributed by atoms with Crippen molar-refractivity contribution in [3.8, 4) is 0 Å². The van der Waals surface area contributed by atoms with E-state index in [1.165, 1.54) is 5.56 Å². The van der Waals surface area contributed by atoms with Gasteiger partial charge in [0, 0.05) is 21.5 Å². The Labute approximate surface area is 134 Å². The smallest absolute Gasteiger partial charge is 0.150 e. The van der Waals surface area contributed by atoms with Gasteiger partial charge in [-0.05, 0) is 46.6 Å². The van der Waals surface area contributed by atoms with Gasteiger partial charge >= 0.3 is 0 Å². The van der Waals surface area contributed by atoms with Gasteiger partial charge in [0.15, 0.2) is 0 Å². The number of para-hydroxylation sites is 1. The Balaban J connectivity index is 2.16. The van der Waals surface area contributed by atoms with Crippen molar-refractivity contribution >= 4 is 59.8 Å². The Hall–Kier alpha value is -2.26. The van der Waals surface area contributed by atoms with Crippen LogP contribution in [0, 0.1) is 6.92 Å². The van der Waals surface area contributed by atoms with Crippen molar-refractivity contribution in [2.24, 2.45) is 0 Å². The van der Waals surface area contributed by atoms with Crippen molar-refractivity contribution in [3.05, 3.63) is 58.6 Å². The Morgan fingerprint density at radius 2 is 1.59 bits per heavy atom. The van der Waals surface area contributed by atoms with E-state index in [-0.39, 0.29) is 0 Å². The number of benzene rings is 3. The molecule has 0 spiro atoms. The average molecular weight is 351 g/mol. The molecule has 0 bridgehead atoms. The largest absolute Gasteiger partial charge is 0.456 e. The summed E-state index contributed by atoms with van der Waals surface area (Å²) in [6, 6.07) is 16.5. The lowest BCUT2D eigenvalue weighted by Crippen LogP contribution is -1.73. The van der Waals surface area contributed by atoms with Crippen molar-refractivity contribution in [2.45, 2.75) is 6.92 Å². The van der Waals surface area contributed by atoms with E-state index in [4.69, 9.17) is 8.83 Å². The topological polar surface area (TPSA) is 26.3 Å². The van der Waals surface area contributed by atoms with Gasteiger partial charge in [-0.25, -0.2) is 0 Å². The minimum absolute atomic E-state index is 0.872. The van der Waals surface area contributed by atoms with Crippen LogP contribution in [0.4, 0.5) is 0 Å². The highest BCUT2D eigenvalue weighted by atomic mass is 79.9. The molecular weight excluding hydrogens is 340 g/mol. The van der Waals surface area contributed by atoms with Crippen LogP contribution in [0.2, 0.25) is 0 Å². The van der Waals surface area contributed by atoms with Gasteiger partial charge in [-0.3, -0.25) is 0 Å². The summed E-state index contributed by atoms with van der Waals surface area (Å²) >= 11 is 3.61. The molecule has 0 aliphatic carbocycles. The van der Waals surface area contributed by atoms with E-state index in [1.807, 2.05) is 24.3 Å². The molecule has 2 aromatic heterocycles. The molecule has 3 aromatic carbocycles. The molecule has 22 heavy (non-hydrogen) atoms. The van der Waals surface area contributed by atoms with E-state index in [2.05, 4.69) is 47.1 Å². The van der Waals surface area contributed by atoms with Crippen LogP contribution in [0.15, 0.2) is 61.8 Å². The SMILES string of the molecule is Cc1ccc2c(c1)oc1cc(Br)c3oc4ccccc4c3c12. The summed E-state index contributed by atoms with van der Waals surface area (Å²) in [5, 5.41) is 4.48. The summed E-state index contributed by atoms with van der Waals surface area (Å²) in [5.74, 6) is 0. The number of aryl methyl sites for hydroxylation is 1. The summed E-state index contributed by atoms with van der Waals surface area (Å²) in [6.07, 6.45) is 0. The normalized spacial score (nSPS) is 12.1. The van der Waals surface area contributed by atoms with Crippen LogP contribution < -0.4 is 0 Å². The van der Waals surface area contributed by atoms with E-state index in [0.717, 1.165) is 48.3 Å². The third kappa shape index (κ3) is 1.49. The van der Waals surface area contributed by atoms with Crippen LogP contribution in [0.1, 0.15) is 5.56 Å². The van der Waals surface area contributed by atoms with Gasteiger partial charge in [-0.2, -0.15) is 0 Å². The maximum atomic E-state index is 6.07. The minimum Gasteiger partial charge on any atom is -0.456 e. The van der Waals surface area contributed by atoms with Gasteiger partial charge in [0.1, 0.15) is 22.3 Å². The second-order valence-electron chi connectivity index (χ2n) is 5.64. The first kappa shape index (κ1) is 12.3. The summed E-state index contributed by atoms with van der Waals surface area (Å²) in [5.41, 5.74) is 4.76. The minimum atomic E-state index is 0.872. The number of furan rings is 2. The first-order valence-electron chi connectivity index (χ1n) is 7.15. The molecule has 0 aliphatic rings. The van der Waals surface area contributed by atoms with Gasteiger partial charge in [-0.15, -0.1) is 0 Å². The van der Waals surface area contributed by atoms with Crippen molar-refractivity contribution in [1.82, 2.24) is 0 Å². The van der Waals surface area contributed by atoms with E-state index < -0.39 is 0 Å². The molecule has 3 heteroatoms. The molecule has 0 saturated heterocycles. The number of rotatable bonds is 0. The molecule has 0 unspecified atom stereocenters. The van der Waals surface area contributed by atoms with E-state index >= 15 is 0 Å². The molecule has 106 valence electrons. The molecule has 5 rings (SSSR count). The predicted molar refractivity (Wildman–Crippen MR) is 93.4 cm³/mol. The summed E-state index contributed by atoms with van der Waals surface area (Å²) in [7, 11) is 0. The second-order valence-corrected chi connectivity index (χ2v) is 6.49. The predicted octanol–water partition coefficient (Wildman–Crippen LogP) is 6.56. The molecule has 2 heterocycles. The zero-order valence-corrected chi connectivity index (χ0v) is 13.4. The Morgan fingerprint density at radius 3 is 2.50 bits per heavy atom. The quantitative estimate of drug-likeness (QED) is 0.316. The van der Waals surface area contributed by atoms with E-state index in [9.17, 15) is 0 Å². The van der Waals surface area contributed by atoms with Crippen molar-refractivity contribution in [3.63, 3.8) is 0 Å². The summed E-state index contributed by atoms with van der Waals surface area (Å²) < 4.78 is 13.0. The molecule has 0 atom stereocenters. The lowest BCUT2D eigenvalue weighted by atomic mass is 10.0. The molecule has 0 saturated carbocycles. The number of hydrogen-bond acceptors (Lipinski definition) is 2. The first-order chi connectivity index (χ1) is 10.7. The molecular formula is C19H11BrO2. The van der Waals surface area contributed by atoms with Gasteiger partial charge in [0.2, 0.25) is 0 Å². The van der Waals surface area contributed by atoms with Crippen LogP contribution in [-0.2, 0) is 0 Å². The maximum Gasteiger partial charge on any atom is 0.150 e. The maximum absolute atomic E-state index is 6.07. The highest BCUT2D eigenvalue weighted by Crippen LogP contribution is 2.43. The Morgan fingerprint density at radius 1 is 0.773 bits per heavy atom. The molecule has 5 aromatic rings. The zero-order chi connectivity index (χ0) is 14.8. The number of halogens is 1. The summed E-state index contributed by atoms with van der Waals surface area (Å²) in [6.45, 7) is 2.07.